The summed E-state index contributed by atoms with van der Waals surface area (Å²) in [5, 5.41) is 2.84. The van der Waals surface area contributed by atoms with Gasteiger partial charge in [-0.2, -0.15) is 0 Å². The standard InChI is InChI=1S/C30H32N4O5/c1-32(24-13-15-25(39-2)16-14-24)30(38)26(19-22-9-5-3-6-10-22)31-27(35)20-33-17-18-34(21-28(33)36)29(37)23-11-7-4-8-12-23/h3-16,26H,17-21H2,1-2H3,(H,31,35)/t26-/m0/s1. The lowest BCUT2D eigenvalue weighted by Gasteiger charge is -2.34. The Labute approximate surface area is 228 Å². The van der Waals surface area contributed by atoms with Gasteiger partial charge >= 0.3 is 0 Å². The van der Waals surface area contributed by atoms with Crippen molar-refractivity contribution in [3.05, 3.63) is 96.1 Å². The molecule has 202 valence electrons. The van der Waals surface area contributed by atoms with E-state index < -0.39 is 11.9 Å². The molecule has 9 nitrogen and oxygen atoms in total. The van der Waals surface area contributed by atoms with Crippen molar-refractivity contribution in [2.24, 2.45) is 0 Å². The van der Waals surface area contributed by atoms with Gasteiger partial charge < -0.3 is 24.8 Å². The number of ether oxygens (including phenoxy) is 1. The van der Waals surface area contributed by atoms with Crippen LogP contribution in [0.3, 0.4) is 0 Å². The lowest BCUT2D eigenvalue weighted by Crippen LogP contribution is -2.56. The third-order valence-electron chi connectivity index (χ3n) is 6.67. The molecule has 1 saturated heterocycles. The third-order valence-corrected chi connectivity index (χ3v) is 6.67. The molecule has 0 radical (unpaired) electrons. The zero-order chi connectivity index (χ0) is 27.8. The second-order valence-electron chi connectivity index (χ2n) is 9.31. The van der Waals surface area contributed by atoms with E-state index >= 15 is 0 Å². The number of rotatable bonds is 9. The number of hydrogen-bond acceptors (Lipinski definition) is 5. The van der Waals surface area contributed by atoms with E-state index in [-0.39, 0.29) is 37.4 Å². The quantitative estimate of drug-likeness (QED) is 0.460. The molecule has 0 aliphatic carbocycles. The summed E-state index contributed by atoms with van der Waals surface area (Å²) in [6, 6.07) is 24.4. The smallest absolute Gasteiger partial charge is 0.254 e. The first-order chi connectivity index (χ1) is 18.9. The summed E-state index contributed by atoms with van der Waals surface area (Å²) in [5.41, 5.74) is 2.06. The summed E-state index contributed by atoms with van der Waals surface area (Å²) in [5.74, 6) is -0.598. The van der Waals surface area contributed by atoms with Crippen molar-refractivity contribution in [1.82, 2.24) is 15.1 Å². The number of carbonyl (C=O) groups is 4. The fourth-order valence-corrected chi connectivity index (χ4v) is 4.44. The predicted octanol–water partition coefficient (Wildman–Crippen LogP) is 2.37. The van der Waals surface area contributed by atoms with E-state index in [1.165, 1.54) is 14.7 Å². The van der Waals surface area contributed by atoms with E-state index in [0.717, 1.165) is 5.56 Å². The van der Waals surface area contributed by atoms with E-state index in [1.54, 1.807) is 62.7 Å². The average Bonchev–Trinajstić information content (AvgIpc) is 2.97. The summed E-state index contributed by atoms with van der Waals surface area (Å²) >= 11 is 0. The number of carbonyl (C=O) groups excluding carboxylic acids is 4. The molecule has 0 unspecified atom stereocenters. The number of nitrogens with one attached hydrogen (secondary N) is 1. The minimum atomic E-state index is -0.844. The van der Waals surface area contributed by atoms with Gasteiger partial charge in [-0.1, -0.05) is 48.5 Å². The van der Waals surface area contributed by atoms with Gasteiger partial charge in [0.15, 0.2) is 0 Å². The van der Waals surface area contributed by atoms with Gasteiger partial charge in [-0.05, 0) is 42.0 Å². The Morgan fingerprint density at radius 3 is 2.18 bits per heavy atom. The van der Waals surface area contributed by atoms with Crippen LogP contribution in [-0.4, -0.2) is 79.8 Å². The fourth-order valence-electron chi connectivity index (χ4n) is 4.44. The highest BCUT2D eigenvalue weighted by Crippen LogP contribution is 2.19. The largest absolute Gasteiger partial charge is 0.497 e. The zero-order valence-electron chi connectivity index (χ0n) is 22.1. The van der Waals surface area contributed by atoms with E-state index in [2.05, 4.69) is 5.32 Å². The number of piperazine rings is 1. The maximum atomic E-state index is 13.5. The van der Waals surface area contributed by atoms with Crippen LogP contribution in [0, 0.1) is 0 Å². The third kappa shape index (κ3) is 7.01. The highest BCUT2D eigenvalue weighted by atomic mass is 16.5. The van der Waals surface area contributed by atoms with Gasteiger partial charge in [0.1, 0.15) is 18.3 Å². The molecule has 39 heavy (non-hydrogen) atoms. The van der Waals surface area contributed by atoms with Crippen LogP contribution < -0.4 is 15.0 Å². The Morgan fingerprint density at radius 2 is 1.56 bits per heavy atom. The summed E-state index contributed by atoms with van der Waals surface area (Å²) in [7, 11) is 3.22. The van der Waals surface area contributed by atoms with Crippen LogP contribution in [0.15, 0.2) is 84.9 Å². The average molecular weight is 529 g/mol. The molecule has 0 saturated carbocycles. The van der Waals surface area contributed by atoms with Crippen molar-refractivity contribution in [2.75, 3.05) is 45.2 Å². The maximum Gasteiger partial charge on any atom is 0.254 e. The number of benzene rings is 3. The first-order valence-corrected chi connectivity index (χ1v) is 12.7. The van der Waals surface area contributed by atoms with Crippen molar-refractivity contribution in [3.63, 3.8) is 0 Å². The molecule has 1 heterocycles. The topological polar surface area (TPSA) is 99.3 Å². The first kappa shape index (κ1) is 27.4. The van der Waals surface area contributed by atoms with Crippen LogP contribution in [0.5, 0.6) is 5.75 Å². The van der Waals surface area contributed by atoms with Crippen LogP contribution in [0.25, 0.3) is 0 Å². The molecule has 3 aromatic carbocycles. The van der Waals surface area contributed by atoms with E-state index in [0.29, 0.717) is 30.0 Å². The van der Waals surface area contributed by atoms with Crippen LogP contribution in [0.4, 0.5) is 5.69 Å². The Kier molecular flexibility index (Phi) is 8.94. The molecule has 1 aliphatic rings. The highest BCUT2D eigenvalue weighted by molar-refractivity contribution is 6.00. The molecular formula is C30H32N4O5. The van der Waals surface area contributed by atoms with E-state index in [4.69, 9.17) is 4.74 Å². The van der Waals surface area contributed by atoms with Gasteiger partial charge in [0, 0.05) is 37.8 Å². The Bertz CT molecular complexity index is 1300. The highest BCUT2D eigenvalue weighted by Gasteiger charge is 2.31. The molecule has 1 atom stereocenters. The van der Waals surface area contributed by atoms with Gasteiger partial charge in [0.2, 0.25) is 17.7 Å². The molecule has 0 bridgehead atoms. The minimum Gasteiger partial charge on any atom is -0.497 e. The zero-order valence-corrected chi connectivity index (χ0v) is 22.1. The van der Waals surface area contributed by atoms with Crippen molar-refractivity contribution >= 4 is 29.3 Å². The van der Waals surface area contributed by atoms with E-state index in [1.807, 2.05) is 36.4 Å². The van der Waals surface area contributed by atoms with Crippen molar-refractivity contribution in [1.29, 1.82) is 0 Å². The number of likely N-dealkylation sites (N-methyl/N-ethyl adjacent to an activating group) is 1. The molecule has 1 N–H and O–H groups in total. The van der Waals surface area contributed by atoms with Crippen LogP contribution in [0.1, 0.15) is 15.9 Å². The summed E-state index contributed by atoms with van der Waals surface area (Å²) in [6.45, 7) is 0.248. The van der Waals surface area contributed by atoms with Crippen molar-refractivity contribution < 1.29 is 23.9 Å². The molecule has 3 aromatic rings. The molecule has 4 amide bonds. The molecular weight excluding hydrogens is 496 g/mol. The Hall–Kier alpha value is -4.66. The second-order valence-corrected chi connectivity index (χ2v) is 9.31. The normalized spacial score (nSPS) is 13.9. The number of amides is 4. The Morgan fingerprint density at radius 1 is 0.923 bits per heavy atom. The number of methoxy groups -OCH3 is 1. The minimum absolute atomic E-state index is 0.104. The number of hydrogen-bond donors (Lipinski definition) is 1. The molecule has 9 heteroatoms. The molecule has 1 fully saturated rings. The summed E-state index contributed by atoms with van der Waals surface area (Å²) in [4.78, 5) is 56.5. The van der Waals surface area contributed by atoms with Gasteiger partial charge in [-0.25, -0.2) is 0 Å². The molecule has 1 aliphatic heterocycles. The molecule has 0 aromatic heterocycles. The van der Waals surface area contributed by atoms with Crippen molar-refractivity contribution in [3.8, 4) is 5.75 Å². The molecule has 4 rings (SSSR count). The lowest BCUT2D eigenvalue weighted by atomic mass is 10.0. The maximum absolute atomic E-state index is 13.5. The van der Waals surface area contributed by atoms with Gasteiger partial charge in [-0.15, -0.1) is 0 Å². The number of nitrogens with zero attached hydrogens (tertiary/aromatic N) is 3. The number of anilines is 1. The summed E-state index contributed by atoms with van der Waals surface area (Å²) in [6.07, 6.45) is 0.291. The van der Waals surface area contributed by atoms with Crippen LogP contribution in [-0.2, 0) is 20.8 Å². The van der Waals surface area contributed by atoms with Crippen LogP contribution >= 0.6 is 0 Å². The van der Waals surface area contributed by atoms with Crippen LogP contribution in [0.2, 0.25) is 0 Å². The van der Waals surface area contributed by atoms with Crippen molar-refractivity contribution in [2.45, 2.75) is 12.5 Å². The predicted molar refractivity (Wildman–Crippen MR) is 147 cm³/mol. The monoisotopic (exact) mass is 528 g/mol. The Balaban J connectivity index is 1.40. The van der Waals surface area contributed by atoms with Gasteiger partial charge in [0.25, 0.3) is 5.91 Å². The second kappa shape index (κ2) is 12.7. The molecule has 0 spiro atoms. The first-order valence-electron chi connectivity index (χ1n) is 12.7. The SMILES string of the molecule is COc1ccc(N(C)C(=O)[C@H](Cc2ccccc2)NC(=O)CN2CCN(C(=O)c3ccccc3)CC2=O)cc1. The lowest BCUT2D eigenvalue weighted by molar-refractivity contribution is -0.139. The van der Waals surface area contributed by atoms with E-state index in [9.17, 15) is 19.2 Å². The van der Waals surface area contributed by atoms with Gasteiger partial charge in [0.05, 0.1) is 13.7 Å². The summed E-state index contributed by atoms with van der Waals surface area (Å²) < 4.78 is 5.20. The fraction of sp³-hybridized carbons (Fsp3) is 0.267. The van der Waals surface area contributed by atoms with Gasteiger partial charge in [-0.3, -0.25) is 19.2 Å².